The number of aryl methyl sites for hydroxylation is 3. The van der Waals surface area contributed by atoms with Crippen molar-refractivity contribution in [1.82, 2.24) is 19.9 Å². The average Bonchev–Trinajstić information content (AvgIpc) is 3.35. The third kappa shape index (κ3) is 3.85. The number of benzene rings is 1. The molecule has 0 radical (unpaired) electrons. The van der Waals surface area contributed by atoms with E-state index in [0.717, 1.165) is 17.3 Å². The summed E-state index contributed by atoms with van der Waals surface area (Å²) in [6.45, 7) is 2.05. The second-order valence-electron chi connectivity index (χ2n) is 7.11. The molecule has 0 saturated carbocycles. The van der Waals surface area contributed by atoms with Crippen LogP contribution in [0.4, 0.5) is 0 Å². The molecule has 0 aliphatic carbocycles. The molecular weight excluding hydrogens is 368 g/mol. The molecule has 1 amide bonds. The van der Waals surface area contributed by atoms with Gasteiger partial charge in [-0.2, -0.15) is 0 Å². The predicted octanol–water partition coefficient (Wildman–Crippen LogP) is 3.21. The highest BCUT2D eigenvalue weighted by molar-refractivity contribution is 5.94. The first kappa shape index (κ1) is 18.7. The fraction of sp³-hybridized carbons (Fsp3) is 0.227. The molecule has 0 bridgehead atoms. The SMILES string of the molecule is Cc1cc(CCc2c[nH]c3ccccc23)oc(=O)c1C(=O)N(C)Cc1ncc[nH]1. The number of imidazole rings is 1. The van der Waals surface area contributed by atoms with E-state index < -0.39 is 5.63 Å². The Kier molecular flexibility index (Phi) is 5.03. The number of H-pyrrole nitrogens is 2. The zero-order chi connectivity index (χ0) is 20.4. The van der Waals surface area contributed by atoms with Crippen molar-refractivity contribution in [3.63, 3.8) is 0 Å². The molecule has 0 atom stereocenters. The van der Waals surface area contributed by atoms with Gasteiger partial charge in [-0.05, 0) is 36.6 Å². The summed E-state index contributed by atoms with van der Waals surface area (Å²) >= 11 is 0. The monoisotopic (exact) mass is 390 g/mol. The van der Waals surface area contributed by atoms with Crippen LogP contribution in [0.25, 0.3) is 10.9 Å². The van der Waals surface area contributed by atoms with Crippen LogP contribution in [-0.4, -0.2) is 32.8 Å². The van der Waals surface area contributed by atoms with E-state index in [-0.39, 0.29) is 18.0 Å². The van der Waals surface area contributed by atoms with Gasteiger partial charge in [0.25, 0.3) is 5.91 Å². The Morgan fingerprint density at radius 2 is 2.03 bits per heavy atom. The second kappa shape index (κ2) is 7.79. The molecule has 1 aromatic carbocycles. The molecule has 4 rings (SSSR count). The summed E-state index contributed by atoms with van der Waals surface area (Å²) in [5, 5.41) is 1.16. The van der Waals surface area contributed by atoms with Crippen molar-refractivity contribution in [2.75, 3.05) is 7.05 Å². The summed E-state index contributed by atoms with van der Waals surface area (Å²) in [5.41, 5.74) is 2.33. The van der Waals surface area contributed by atoms with Crippen LogP contribution in [0.5, 0.6) is 0 Å². The van der Waals surface area contributed by atoms with Crippen LogP contribution in [0, 0.1) is 6.92 Å². The minimum absolute atomic E-state index is 0.0647. The molecule has 0 aliphatic heterocycles. The summed E-state index contributed by atoms with van der Waals surface area (Å²) in [4.78, 5) is 37.0. The number of rotatable bonds is 6. The molecule has 7 nitrogen and oxygen atoms in total. The molecule has 0 fully saturated rings. The zero-order valence-corrected chi connectivity index (χ0v) is 16.4. The molecule has 2 N–H and O–H groups in total. The van der Waals surface area contributed by atoms with E-state index in [0.29, 0.717) is 23.6 Å². The van der Waals surface area contributed by atoms with Crippen molar-refractivity contribution in [2.24, 2.45) is 0 Å². The Labute approximate surface area is 167 Å². The van der Waals surface area contributed by atoms with Gasteiger partial charge < -0.3 is 19.3 Å². The van der Waals surface area contributed by atoms with Gasteiger partial charge in [0.1, 0.15) is 17.1 Å². The van der Waals surface area contributed by atoms with Gasteiger partial charge in [-0.25, -0.2) is 9.78 Å². The Bertz CT molecular complexity index is 1200. The number of hydrogen-bond donors (Lipinski definition) is 2. The van der Waals surface area contributed by atoms with E-state index in [1.54, 1.807) is 32.4 Å². The van der Waals surface area contributed by atoms with Crippen molar-refractivity contribution in [1.29, 1.82) is 0 Å². The molecule has 3 heterocycles. The largest absolute Gasteiger partial charge is 0.427 e. The fourth-order valence-corrected chi connectivity index (χ4v) is 3.52. The van der Waals surface area contributed by atoms with Gasteiger partial charge in [0.05, 0.1) is 6.54 Å². The first-order valence-corrected chi connectivity index (χ1v) is 9.45. The quantitative estimate of drug-likeness (QED) is 0.528. The summed E-state index contributed by atoms with van der Waals surface area (Å²) < 4.78 is 5.47. The van der Waals surface area contributed by atoms with Crippen LogP contribution in [0.3, 0.4) is 0 Å². The third-order valence-electron chi connectivity index (χ3n) is 5.02. The minimum Gasteiger partial charge on any atom is -0.427 e. The molecule has 29 heavy (non-hydrogen) atoms. The lowest BCUT2D eigenvalue weighted by Crippen LogP contribution is -2.31. The van der Waals surface area contributed by atoms with Gasteiger partial charge in [0, 0.05) is 43.0 Å². The first-order chi connectivity index (χ1) is 14.0. The van der Waals surface area contributed by atoms with Gasteiger partial charge in [-0.1, -0.05) is 18.2 Å². The Morgan fingerprint density at radius 3 is 2.79 bits per heavy atom. The molecule has 0 spiro atoms. The maximum atomic E-state index is 12.7. The normalized spacial score (nSPS) is 11.1. The third-order valence-corrected chi connectivity index (χ3v) is 5.02. The Morgan fingerprint density at radius 1 is 1.21 bits per heavy atom. The predicted molar refractivity (Wildman–Crippen MR) is 110 cm³/mol. The lowest BCUT2D eigenvalue weighted by Gasteiger charge is -2.16. The molecule has 148 valence electrons. The lowest BCUT2D eigenvalue weighted by atomic mass is 10.1. The molecule has 0 aliphatic rings. The van der Waals surface area contributed by atoms with Crippen LogP contribution in [-0.2, 0) is 19.4 Å². The van der Waals surface area contributed by atoms with Crippen LogP contribution in [0.2, 0.25) is 0 Å². The van der Waals surface area contributed by atoms with Crippen LogP contribution < -0.4 is 5.63 Å². The van der Waals surface area contributed by atoms with E-state index in [1.165, 1.54) is 10.5 Å². The van der Waals surface area contributed by atoms with E-state index in [9.17, 15) is 9.59 Å². The highest BCUT2D eigenvalue weighted by Crippen LogP contribution is 2.20. The molecule has 7 heteroatoms. The summed E-state index contributed by atoms with van der Waals surface area (Å²) in [6, 6.07) is 9.87. The molecule has 3 aromatic heterocycles. The highest BCUT2D eigenvalue weighted by Gasteiger charge is 2.21. The maximum Gasteiger partial charge on any atom is 0.349 e. The van der Waals surface area contributed by atoms with Gasteiger partial charge in [0.15, 0.2) is 0 Å². The number of para-hydroxylation sites is 1. The maximum absolute atomic E-state index is 12.7. The number of aromatic nitrogens is 3. The first-order valence-electron chi connectivity index (χ1n) is 9.45. The molecular formula is C22H22N4O3. The van der Waals surface area contributed by atoms with Crippen LogP contribution >= 0.6 is 0 Å². The van der Waals surface area contributed by atoms with Crippen molar-refractivity contribution in [2.45, 2.75) is 26.3 Å². The van der Waals surface area contributed by atoms with Gasteiger partial charge in [-0.3, -0.25) is 4.79 Å². The highest BCUT2D eigenvalue weighted by atomic mass is 16.4. The smallest absolute Gasteiger partial charge is 0.349 e. The van der Waals surface area contributed by atoms with Crippen LogP contribution in [0.15, 0.2) is 58.1 Å². The van der Waals surface area contributed by atoms with Crippen molar-refractivity contribution < 1.29 is 9.21 Å². The van der Waals surface area contributed by atoms with E-state index in [2.05, 4.69) is 21.0 Å². The average molecular weight is 390 g/mol. The minimum atomic E-state index is -0.602. The lowest BCUT2D eigenvalue weighted by molar-refractivity contribution is 0.0776. The topological polar surface area (TPSA) is 95.0 Å². The number of fused-ring (bicyclic) bond motifs is 1. The van der Waals surface area contributed by atoms with Crippen molar-refractivity contribution in [3.05, 3.63) is 87.6 Å². The molecule has 4 aromatic rings. The van der Waals surface area contributed by atoms with Gasteiger partial charge in [-0.15, -0.1) is 0 Å². The molecule has 0 saturated heterocycles. The standard InChI is InChI=1S/C22H22N4O3/c1-14-11-16(8-7-15-12-25-18-6-4-3-5-17(15)18)29-22(28)20(14)21(27)26(2)13-19-23-9-10-24-19/h3-6,9-12,25H,7-8,13H2,1-2H3,(H,23,24). The Balaban J connectivity index is 1.51. The summed E-state index contributed by atoms with van der Waals surface area (Å²) in [5.74, 6) is 0.845. The molecule has 0 unspecified atom stereocenters. The van der Waals surface area contributed by atoms with E-state index >= 15 is 0 Å². The van der Waals surface area contributed by atoms with E-state index in [4.69, 9.17) is 4.42 Å². The number of hydrogen-bond acceptors (Lipinski definition) is 4. The zero-order valence-electron chi connectivity index (χ0n) is 16.4. The summed E-state index contributed by atoms with van der Waals surface area (Å²) in [6.07, 6.45) is 6.61. The van der Waals surface area contributed by atoms with Gasteiger partial charge in [0.2, 0.25) is 0 Å². The number of nitrogens with one attached hydrogen (secondary N) is 2. The fourth-order valence-electron chi connectivity index (χ4n) is 3.52. The number of carbonyl (C=O) groups is 1. The van der Waals surface area contributed by atoms with Gasteiger partial charge >= 0.3 is 5.63 Å². The number of carbonyl (C=O) groups excluding carboxylic acids is 1. The number of nitrogens with zero attached hydrogens (tertiary/aromatic N) is 2. The van der Waals surface area contributed by atoms with Crippen molar-refractivity contribution >= 4 is 16.8 Å². The van der Waals surface area contributed by atoms with Crippen LogP contribution in [0.1, 0.15) is 33.1 Å². The summed E-state index contributed by atoms with van der Waals surface area (Å²) in [7, 11) is 1.63. The van der Waals surface area contributed by atoms with Crippen molar-refractivity contribution in [3.8, 4) is 0 Å². The Hall–Kier alpha value is -3.61. The van der Waals surface area contributed by atoms with E-state index in [1.807, 2.05) is 24.4 Å². The number of amides is 1. The second-order valence-corrected chi connectivity index (χ2v) is 7.11. The number of aromatic amines is 2.